The van der Waals surface area contributed by atoms with Crippen LogP contribution in [0.2, 0.25) is 0 Å². The Labute approximate surface area is 102 Å². The maximum atomic E-state index is 4.53. The average Bonchev–Trinajstić information content (AvgIpc) is 2.69. The molecule has 1 heterocycles. The highest BCUT2D eigenvalue weighted by Crippen LogP contribution is 2.18. The minimum atomic E-state index is 0.922. The van der Waals surface area contributed by atoms with Gasteiger partial charge in [-0.05, 0) is 24.7 Å². The molecular weight excluding hydrogens is 216 g/mol. The Morgan fingerprint density at radius 1 is 1.25 bits per heavy atom. The van der Waals surface area contributed by atoms with E-state index in [2.05, 4.69) is 35.9 Å². The van der Waals surface area contributed by atoms with Crippen molar-refractivity contribution in [2.45, 2.75) is 12.8 Å². The zero-order valence-corrected chi connectivity index (χ0v) is 10.3. The number of nitrogens with zero attached hydrogens (tertiary/aromatic N) is 2. The van der Waals surface area contributed by atoms with E-state index in [1.165, 1.54) is 11.3 Å². The largest absolute Gasteiger partial charge is 0.272 e. The number of hydrogen-bond acceptors (Lipinski definition) is 2. The van der Waals surface area contributed by atoms with Gasteiger partial charge in [-0.2, -0.15) is 17.7 Å². The second-order valence-electron chi connectivity index (χ2n) is 3.84. The fraction of sp³-hybridized carbons (Fsp3) is 0.308. The Kier molecular flexibility index (Phi) is 3.67. The summed E-state index contributed by atoms with van der Waals surface area (Å²) in [6.45, 7) is 0. The van der Waals surface area contributed by atoms with E-state index in [1.54, 1.807) is 0 Å². The number of rotatable bonds is 4. The molecule has 1 aromatic heterocycles. The van der Waals surface area contributed by atoms with Crippen LogP contribution in [0.4, 0.5) is 0 Å². The van der Waals surface area contributed by atoms with Gasteiger partial charge in [0.1, 0.15) is 0 Å². The normalized spacial score (nSPS) is 10.6. The van der Waals surface area contributed by atoms with Gasteiger partial charge < -0.3 is 0 Å². The zero-order chi connectivity index (χ0) is 11.4. The summed E-state index contributed by atoms with van der Waals surface area (Å²) in [5.74, 6) is 0.922. The zero-order valence-electron chi connectivity index (χ0n) is 9.43. The highest BCUT2D eigenvalue weighted by Gasteiger charge is 2.05. The van der Waals surface area contributed by atoms with Crippen molar-refractivity contribution in [1.29, 1.82) is 0 Å². The molecule has 0 saturated carbocycles. The molecule has 0 saturated heterocycles. The van der Waals surface area contributed by atoms with Gasteiger partial charge in [0.05, 0.1) is 5.69 Å². The molecule has 2 nitrogen and oxygen atoms in total. The molecule has 0 amide bonds. The quantitative estimate of drug-likeness (QED) is 0.802. The Hall–Kier alpha value is -1.22. The molecule has 16 heavy (non-hydrogen) atoms. The molecule has 0 aliphatic rings. The van der Waals surface area contributed by atoms with Crippen LogP contribution >= 0.6 is 12.6 Å². The van der Waals surface area contributed by atoms with Gasteiger partial charge in [0.15, 0.2) is 0 Å². The number of aryl methyl sites for hydroxylation is 2. The minimum Gasteiger partial charge on any atom is -0.272 e. The highest BCUT2D eigenvalue weighted by molar-refractivity contribution is 7.80. The third kappa shape index (κ3) is 2.47. The first-order chi connectivity index (χ1) is 7.81. The number of hydrogen-bond donors (Lipinski definition) is 1. The van der Waals surface area contributed by atoms with Gasteiger partial charge in [-0.15, -0.1) is 0 Å². The Morgan fingerprint density at radius 2 is 2.00 bits per heavy atom. The first-order valence-electron chi connectivity index (χ1n) is 5.50. The maximum Gasteiger partial charge on any atom is 0.0925 e. The molecule has 0 bridgehead atoms. The summed E-state index contributed by atoms with van der Waals surface area (Å²) >= 11 is 4.23. The van der Waals surface area contributed by atoms with E-state index in [-0.39, 0.29) is 0 Å². The molecule has 2 rings (SSSR count). The lowest BCUT2D eigenvalue weighted by atomic mass is 10.1. The molecular formula is C13H16N2S. The number of thiol groups is 1. The van der Waals surface area contributed by atoms with Crippen molar-refractivity contribution in [3.05, 3.63) is 42.1 Å². The summed E-state index contributed by atoms with van der Waals surface area (Å²) in [5.41, 5.74) is 3.50. The Morgan fingerprint density at radius 3 is 2.69 bits per heavy atom. The van der Waals surface area contributed by atoms with Crippen molar-refractivity contribution in [2.75, 3.05) is 5.75 Å². The van der Waals surface area contributed by atoms with Crippen molar-refractivity contribution < 1.29 is 0 Å². The van der Waals surface area contributed by atoms with E-state index >= 15 is 0 Å². The van der Waals surface area contributed by atoms with Gasteiger partial charge in [-0.1, -0.05) is 30.3 Å². The molecule has 84 valence electrons. The van der Waals surface area contributed by atoms with Crippen molar-refractivity contribution in [1.82, 2.24) is 9.78 Å². The summed E-state index contributed by atoms with van der Waals surface area (Å²) in [6, 6.07) is 12.4. The summed E-state index contributed by atoms with van der Waals surface area (Å²) in [5, 5.41) is 4.53. The monoisotopic (exact) mass is 232 g/mol. The van der Waals surface area contributed by atoms with Crippen molar-refractivity contribution in [3.63, 3.8) is 0 Å². The first kappa shape index (κ1) is 11.3. The average molecular weight is 232 g/mol. The van der Waals surface area contributed by atoms with Gasteiger partial charge >= 0.3 is 0 Å². The SMILES string of the molecule is Cn1nc(-c2ccccc2)cc1CCCS. The Balaban J connectivity index is 2.24. The lowest BCUT2D eigenvalue weighted by Gasteiger charge is -1.97. The summed E-state index contributed by atoms with van der Waals surface area (Å²) in [4.78, 5) is 0. The van der Waals surface area contributed by atoms with Gasteiger partial charge in [-0.25, -0.2) is 0 Å². The molecule has 0 aliphatic heterocycles. The molecule has 0 atom stereocenters. The fourth-order valence-electron chi connectivity index (χ4n) is 1.75. The van der Waals surface area contributed by atoms with Crippen molar-refractivity contribution in [3.8, 4) is 11.3 Å². The van der Waals surface area contributed by atoms with Crippen LogP contribution in [0.5, 0.6) is 0 Å². The molecule has 0 fully saturated rings. The van der Waals surface area contributed by atoms with Gasteiger partial charge in [0.25, 0.3) is 0 Å². The second-order valence-corrected chi connectivity index (χ2v) is 4.28. The van der Waals surface area contributed by atoms with E-state index in [4.69, 9.17) is 0 Å². The molecule has 0 unspecified atom stereocenters. The summed E-state index contributed by atoms with van der Waals surface area (Å²) in [6.07, 6.45) is 2.14. The van der Waals surface area contributed by atoms with Gasteiger partial charge in [0, 0.05) is 18.3 Å². The predicted octanol–water partition coefficient (Wildman–Crippen LogP) is 2.95. The van der Waals surface area contributed by atoms with E-state index < -0.39 is 0 Å². The summed E-state index contributed by atoms with van der Waals surface area (Å²) in [7, 11) is 2.00. The van der Waals surface area contributed by atoms with E-state index in [9.17, 15) is 0 Å². The summed E-state index contributed by atoms with van der Waals surface area (Å²) < 4.78 is 1.96. The lowest BCUT2D eigenvalue weighted by Crippen LogP contribution is -1.98. The standard InChI is InChI=1S/C13H16N2S/c1-15-12(8-5-9-16)10-13(14-15)11-6-3-2-4-7-11/h2-4,6-7,10,16H,5,8-9H2,1H3. The van der Waals surface area contributed by atoms with Crippen LogP contribution in [0.15, 0.2) is 36.4 Å². The minimum absolute atomic E-state index is 0.922. The van der Waals surface area contributed by atoms with Crippen LogP contribution in [0.25, 0.3) is 11.3 Å². The topological polar surface area (TPSA) is 17.8 Å². The van der Waals surface area contributed by atoms with E-state index in [1.807, 2.05) is 29.9 Å². The fourth-order valence-corrected chi connectivity index (χ4v) is 1.91. The number of aromatic nitrogens is 2. The van der Waals surface area contributed by atoms with Crippen LogP contribution in [0.3, 0.4) is 0 Å². The molecule has 0 aliphatic carbocycles. The van der Waals surface area contributed by atoms with Crippen LogP contribution in [0, 0.1) is 0 Å². The third-order valence-corrected chi connectivity index (χ3v) is 2.95. The molecule has 2 aromatic rings. The van der Waals surface area contributed by atoms with Crippen molar-refractivity contribution in [2.24, 2.45) is 7.05 Å². The van der Waals surface area contributed by atoms with Crippen molar-refractivity contribution >= 4 is 12.6 Å². The first-order valence-corrected chi connectivity index (χ1v) is 6.13. The lowest BCUT2D eigenvalue weighted by molar-refractivity contribution is 0.701. The molecule has 0 N–H and O–H groups in total. The predicted molar refractivity (Wildman–Crippen MR) is 70.8 cm³/mol. The molecule has 1 aromatic carbocycles. The molecule has 0 radical (unpaired) electrons. The number of benzene rings is 1. The van der Waals surface area contributed by atoms with Crippen LogP contribution < -0.4 is 0 Å². The molecule has 0 spiro atoms. The van der Waals surface area contributed by atoms with Gasteiger partial charge in [0.2, 0.25) is 0 Å². The second kappa shape index (κ2) is 5.21. The highest BCUT2D eigenvalue weighted by atomic mass is 32.1. The van der Waals surface area contributed by atoms with E-state index in [0.29, 0.717) is 0 Å². The van der Waals surface area contributed by atoms with Crippen LogP contribution in [-0.2, 0) is 13.5 Å². The van der Waals surface area contributed by atoms with E-state index in [0.717, 1.165) is 24.3 Å². The van der Waals surface area contributed by atoms with Gasteiger partial charge in [-0.3, -0.25) is 4.68 Å². The van der Waals surface area contributed by atoms with Crippen LogP contribution in [0.1, 0.15) is 12.1 Å². The molecule has 3 heteroatoms. The Bertz CT molecular complexity index is 448. The third-order valence-electron chi connectivity index (χ3n) is 2.64. The maximum absolute atomic E-state index is 4.53. The van der Waals surface area contributed by atoms with Crippen LogP contribution in [-0.4, -0.2) is 15.5 Å². The smallest absolute Gasteiger partial charge is 0.0925 e.